The largest absolute Gasteiger partial charge is 0.490 e. The highest BCUT2D eigenvalue weighted by molar-refractivity contribution is 7.92. The van der Waals surface area contributed by atoms with Crippen LogP contribution in [-0.2, 0) is 10.0 Å². The van der Waals surface area contributed by atoms with Gasteiger partial charge in [-0.15, -0.1) is 11.3 Å². The Morgan fingerprint density at radius 1 is 1.28 bits per heavy atom. The van der Waals surface area contributed by atoms with Gasteiger partial charge in [0.05, 0.1) is 16.6 Å². The zero-order valence-electron chi connectivity index (χ0n) is 16.5. The number of anilines is 1. The molecule has 0 saturated heterocycles. The molecule has 2 aromatic carbocycles. The minimum atomic E-state index is -4.19. The van der Waals surface area contributed by atoms with Crippen LogP contribution in [0.3, 0.4) is 0 Å². The Bertz CT molecular complexity index is 1250. The first-order valence-electron chi connectivity index (χ1n) is 9.56. The zero-order chi connectivity index (χ0) is 22.7. The molecular weight excluding hydrogens is 496 g/mol. The lowest BCUT2D eigenvalue weighted by Crippen LogP contribution is -2.38. The van der Waals surface area contributed by atoms with Crippen LogP contribution < -0.4 is 14.8 Å². The van der Waals surface area contributed by atoms with Crippen molar-refractivity contribution in [2.45, 2.75) is 17.4 Å². The van der Waals surface area contributed by atoms with Gasteiger partial charge in [-0.1, -0.05) is 41.4 Å². The second-order valence-electron chi connectivity index (χ2n) is 6.97. The molecule has 6 nitrogen and oxygen atoms in total. The maximum absolute atomic E-state index is 14.7. The van der Waals surface area contributed by atoms with E-state index >= 15 is 0 Å². The quantitative estimate of drug-likeness (QED) is 0.452. The number of sulfonamides is 1. The second-order valence-corrected chi connectivity index (χ2v) is 10.2. The smallest absolute Gasteiger partial charge is 0.266 e. The summed E-state index contributed by atoms with van der Waals surface area (Å²) >= 11 is 13.6. The van der Waals surface area contributed by atoms with Crippen molar-refractivity contribution >= 4 is 56.0 Å². The summed E-state index contributed by atoms with van der Waals surface area (Å²) < 4.78 is 47.7. The number of nitrogens with one attached hydrogen (secondary N) is 2. The van der Waals surface area contributed by atoms with Gasteiger partial charge in [-0.2, -0.15) is 0 Å². The number of hydrogen-bond acceptors (Lipinski definition) is 6. The van der Waals surface area contributed by atoms with Gasteiger partial charge in [0.15, 0.2) is 5.82 Å². The van der Waals surface area contributed by atoms with Gasteiger partial charge < -0.3 is 10.1 Å². The fourth-order valence-electron chi connectivity index (χ4n) is 3.33. The monoisotopic (exact) mass is 513 g/mol. The Morgan fingerprint density at radius 3 is 2.88 bits per heavy atom. The molecule has 1 aliphatic heterocycles. The highest BCUT2D eigenvalue weighted by Crippen LogP contribution is 2.32. The maximum atomic E-state index is 14.7. The van der Waals surface area contributed by atoms with E-state index in [1.807, 2.05) is 18.2 Å². The van der Waals surface area contributed by atoms with Crippen molar-refractivity contribution in [1.82, 2.24) is 10.3 Å². The van der Waals surface area contributed by atoms with E-state index in [0.717, 1.165) is 36.2 Å². The van der Waals surface area contributed by atoms with E-state index < -0.39 is 20.7 Å². The molecule has 1 unspecified atom stereocenters. The number of nitrogens with zero attached hydrogens (tertiary/aromatic N) is 1. The number of rotatable bonds is 7. The molecular formula is C21H18Cl2FN3O3S2. The Kier molecular flexibility index (Phi) is 7.02. The average Bonchev–Trinajstić information content (AvgIpc) is 3.26. The predicted molar refractivity (Wildman–Crippen MR) is 126 cm³/mol. The lowest BCUT2D eigenvalue weighted by Gasteiger charge is -2.26. The molecule has 2 N–H and O–H groups in total. The highest BCUT2D eigenvalue weighted by Gasteiger charge is 2.24. The van der Waals surface area contributed by atoms with Gasteiger partial charge in [0.2, 0.25) is 0 Å². The van der Waals surface area contributed by atoms with E-state index in [2.05, 4.69) is 21.1 Å². The third kappa shape index (κ3) is 5.24. The van der Waals surface area contributed by atoms with Crippen LogP contribution in [-0.4, -0.2) is 32.6 Å². The first-order valence-corrected chi connectivity index (χ1v) is 12.7. The number of halogens is 3. The summed E-state index contributed by atoms with van der Waals surface area (Å²) in [6.07, 6.45) is 2.96. The summed E-state index contributed by atoms with van der Waals surface area (Å²) in [5, 5.41) is 5.47. The van der Waals surface area contributed by atoms with Crippen molar-refractivity contribution in [1.29, 1.82) is 0 Å². The van der Waals surface area contributed by atoms with E-state index in [4.69, 9.17) is 27.9 Å². The van der Waals surface area contributed by atoms with E-state index in [-0.39, 0.29) is 29.2 Å². The molecule has 0 bridgehead atoms. The van der Waals surface area contributed by atoms with E-state index in [1.54, 1.807) is 6.07 Å². The molecule has 0 saturated carbocycles. The summed E-state index contributed by atoms with van der Waals surface area (Å²) in [4.78, 5) is 3.26. The van der Waals surface area contributed by atoms with Crippen LogP contribution in [0.1, 0.15) is 12.0 Å². The Labute approximate surface area is 199 Å². The molecule has 0 amide bonds. The van der Waals surface area contributed by atoms with Crippen molar-refractivity contribution in [3.63, 3.8) is 0 Å². The lowest BCUT2D eigenvalue weighted by atomic mass is 9.95. The van der Waals surface area contributed by atoms with Gasteiger partial charge in [-0.05, 0) is 42.3 Å². The molecule has 1 aromatic heterocycles. The zero-order valence-corrected chi connectivity index (χ0v) is 19.7. The van der Waals surface area contributed by atoms with Crippen LogP contribution in [0.2, 0.25) is 10.0 Å². The van der Waals surface area contributed by atoms with Gasteiger partial charge in [0.1, 0.15) is 23.1 Å². The molecule has 32 heavy (non-hydrogen) atoms. The van der Waals surface area contributed by atoms with Gasteiger partial charge in [0, 0.05) is 16.5 Å². The van der Waals surface area contributed by atoms with Crippen LogP contribution in [0, 0.1) is 5.82 Å². The van der Waals surface area contributed by atoms with Crippen LogP contribution in [0.4, 0.5) is 10.2 Å². The topological polar surface area (TPSA) is 80.3 Å². The number of thiazole rings is 1. The van der Waals surface area contributed by atoms with Gasteiger partial charge in [-0.3, -0.25) is 4.72 Å². The van der Waals surface area contributed by atoms with Gasteiger partial charge in [0.25, 0.3) is 10.0 Å². The first-order chi connectivity index (χ1) is 15.3. The first kappa shape index (κ1) is 23.0. The van der Waals surface area contributed by atoms with Crippen LogP contribution in [0.25, 0.3) is 5.57 Å². The number of aromatic nitrogens is 1. The molecule has 4 rings (SSSR count). The Hall–Kier alpha value is -2.17. The second kappa shape index (κ2) is 9.76. The Morgan fingerprint density at radius 2 is 2.12 bits per heavy atom. The summed E-state index contributed by atoms with van der Waals surface area (Å²) in [7, 11) is -4.19. The maximum Gasteiger partial charge on any atom is 0.266 e. The van der Waals surface area contributed by atoms with Gasteiger partial charge >= 0.3 is 0 Å². The minimum Gasteiger partial charge on any atom is -0.490 e. The summed E-state index contributed by atoms with van der Waals surface area (Å²) in [5.74, 6) is -0.821. The molecule has 0 aliphatic carbocycles. The third-order valence-electron chi connectivity index (χ3n) is 4.79. The molecule has 3 aromatic rings. The summed E-state index contributed by atoms with van der Waals surface area (Å²) in [6.45, 7) is 0.931. The van der Waals surface area contributed by atoms with Crippen molar-refractivity contribution in [3.8, 4) is 5.75 Å². The average molecular weight is 514 g/mol. The molecule has 2 heterocycles. The minimum absolute atomic E-state index is 0.0193. The standard InChI is InChI=1S/C21H18Cl2FN3O3S2/c22-14-4-1-3-13(7-14)15-5-2-6-25-18(15)10-30-19-9-17(24)20(8-16(19)23)32(28,29)27-21-11-31-12-26-21/h1,3-5,7-9,11-12,18,25,27H,2,6,10H2. The lowest BCUT2D eigenvalue weighted by molar-refractivity contribution is 0.287. The van der Waals surface area contributed by atoms with E-state index in [9.17, 15) is 12.8 Å². The van der Waals surface area contributed by atoms with Crippen LogP contribution in [0.5, 0.6) is 5.75 Å². The molecule has 1 aliphatic rings. The summed E-state index contributed by atoms with van der Waals surface area (Å²) in [5.41, 5.74) is 3.44. The number of benzene rings is 2. The van der Waals surface area contributed by atoms with Crippen molar-refractivity contribution in [2.24, 2.45) is 0 Å². The molecule has 0 spiro atoms. The number of hydrogen-bond donors (Lipinski definition) is 2. The summed E-state index contributed by atoms with van der Waals surface area (Å²) in [6, 6.07) is 9.34. The third-order valence-corrected chi connectivity index (χ3v) is 7.27. The normalized spacial score (nSPS) is 16.5. The van der Waals surface area contributed by atoms with Crippen LogP contribution in [0.15, 0.2) is 58.3 Å². The van der Waals surface area contributed by atoms with E-state index in [0.29, 0.717) is 5.02 Å². The van der Waals surface area contributed by atoms with Crippen molar-refractivity contribution in [3.05, 3.63) is 74.8 Å². The molecule has 0 fully saturated rings. The fraction of sp³-hybridized carbons (Fsp3) is 0.190. The van der Waals surface area contributed by atoms with Crippen LogP contribution >= 0.6 is 34.5 Å². The predicted octanol–water partition coefficient (Wildman–Crippen LogP) is 5.21. The van der Waals surface area contributed by atoms with E-state index in [1.165, 1.54) is 22.2 Å². The molecule has 0 radical (unpaired) electrons. The number of ether oxygens (including phenoxy) is 1. The van der Waals surface area contributed by atoms with Crippen molar-refractivity contribution < 1.29 is 17.5 Å². The molecule has 168 valence electrons. The molecule has 11 heteroatoms. The molecule has 1 atom stereocenters. The van der Waals surface area contributed by atoms with Gasteiger partial charge in [-0.25, -0.2) is 17.8 Å². The fourth-order valence-corrected chi connectivity index (χ4v) is 5.45. The van der Waals surface area contributed by atoms with Crippen molar-refractivity contribution in [2.75, 3.05) is 17.9 Å². The SMILES string of the molecule is O=S(=O)(Nc1cscn1)c1cc(Cl)c(OCC2NCCC=C2c2cccc(Cl)c2)cc1F. The Balaban J connectivity index is 1.52. The highest BCUT2D eigenvalue weighted by atomic mass is 35.5.